The van der Waals surface area contributed by atoms with Gasteiger partial charge < -0.3 is 25.0 Å². The number of rotatable bonds is 5. The van der Waals surface area contributed by atoms with E-state index in [4.69, 9.17) is 4.74 Å². The Morgan fingerprint density at radius 2 is 1.97 bits per heavy atom. The number of aromatic nitrogens is 2. The molecule has 0 saturated heterocycles. The van der Waals surface area contributed by atoms with Crippen molar-refractivity contribution in [2.24, 2.45) is 0 Å². The Kier molecular flexibility index (Phi) is 6.20. The highest BCUT2D eigenvalue weighted by Crippen LogP contribution is 2.30. The van der Waals surface area contributed by atoms with Crippen LogP contribution in [0.4, 0.5) is 11.4 Å². The summed E-state index contributed by atoms with van der Waals surface area (Å²) < 4.78 is 5.50. The SMILES string of the molecule is COc1cc(C(=O)N2CCCCc3ccccc32)ccc1C(=O)Nc1cccc2[nH]c(CO)nc12. The van der Waals surface area contributed by atoms with Gasteiger partial charge in [0.05, 0.1) is 23.9 Å². The summed E-state index contributed by atoms with van der Waals surface area (Å²) in [5, 5.41) is 12.2. The molecule has 1 aliphatic rings. The first-order valence-corrected chi connectivity index (χ1v) is 11.6. The first kappa shape index (κ1) is 22.6. The predicted molar refractivity (Wildman–Crippen MR) is 134 cm³/mol. The molecule has 0 spiro atoms. The minimum Gasteiger partial charge on any atom is -0.496 e. The summed E-state index contributed by atoms with van der Waals surface area (Å²) in [5.41, 5.74) is 4.62. The molecule has 0 aliphatic carbocycles. The molecule has 4 aromatic rings. The number of carbonyl (C=O) groups is 2. The number of methoxy groups -OCH3 is 1. The number of aromatic amines is 1. The topological polar surface area (TPSA) is 108 Å². The van der Waals surface area contributed by atoms with Crippen LogP contribution in [-0.4, -0.2) is 40.5 Å². The van der Waals surface area contributed by atoms with Crippen molar-refractivity contribution in [1.29, 1.82) is 0 Å². The number of hydrogen-bond acceptors (Lipinski definition) is 5. The van der Waals surface area contributed by atoms with Crippen LogP contribution in [0.3, 0.4) is 0 Å². The number of H-pyrrole nitrogens is 1. The second kappa shape index (κ2) is 9.60. The van der Waals surface area contributed by atoms with Crippen molar-refractivity contribution in [3.63, 3.8) is 0 Å². The number of aryl methyl sites for hydroxylation is 1. The van der Waals surface area contributed by atoms with Gasteiger partial charge >= 0.3 is 0 Å². The van der Waals surface area contributed by atoms with Gasteiger partial charge in [-0.25, -0.2) is 4.98 Å². The number of para-hydroxylation sites is 2. The molecule has 35 heavy (non-hydrogen) atoms. The van der Waals surface area contributed by atoms with Gasteiger partial charge in [0.25, 0.3) is 11.8 Å². The van der Waals surface area contributed by atoms with Crippen molar-refractivity contribution in [3.05, 3.63) is 83.2 Å². The lowest BCUT2D eigenvalue weighted by Crippen LogP contribution is -2.31. The Hall–Kier alpha value is -4.17. The average molecular weight is 471 g/mol. The highest BCUT2D eigenvalue weighted by molar-refractivity contribution is 6.11. The Morgan fingerprint density at radius 1 is 1.11 bits per heavy atom. The number of nitrogens with zero attached hydrogens (tertiary/aromatic N) is 2. The third-order valence-corrected chi connectivity index (χ3v) is 6.26. The van der Waals surface area contributed by atoms with Crippen LogP contribution in [0.5, 0.6) is 5.75 Å². The number of imidazole rings is 1. The van der Waals surface area contributed by atoms with E-state index in [1.54, 1.807) is 30.3 Å². The van der Waals surface area contributed by atoms with E-state index >= 15 is 0 Å². The molecule has 5 rings (SSSR count). The van der Waals surface area contributed by atoms with Gasteiger partial charge in [0.2, 0.25) is 0 Å². The fraction of sp³-hybridized carbons (Fsp3) is 0.222. The second-order valence-corrected chi connectivity index (χ2v) is 8.46. The normalized spacial score (nSPS) is 13.3. The van der Waals surface area contributed by atoms with Crippen LogP contribution in [0.2, 0.25) is 0 Å². The molecule has 8 heteroatoms. The summed E-state index contributed by atoms with van der Waals surface area (Å²) in [6.45, 7) is 0.413. The summed E-state index contributed by atoms with van der Waals surface area (Å²) in [4.78, 5) is 35.8. The number of aliphatic hydroxyl groups excluding tert-OH is 1. The maximum Gasteiger partial charge on any atom is 0.259 e. The summed E-state index contributed by atoms with van der Waals surface area (Å²) in [5.74, 6) is 0.211. The Labute approximate surface area is 202 Å². The lowest BCUT2D eigenvalue weighted by molar-refractivity contribution is 0.0982. The molecule has 8 nitrogen and oxygen atoms in total. The molecular formula is C27H26N4O4. The minimum atomic E-state index is -0.387. The Balaban J connectivity index is 1.42. The molecule has 0 radical (unpaired) electrons. The van der Waals surface area contributed by atoms with E-state index in [-0.39, 0.29) is 18.4 Å². The fourth-order valence-corrected chi connectivity index (χ4v) is 4.52. The van der Waals surface area contributed by atoms with Gasteiger partial charge in [-0.1, -0.05) is 24.3 Å². The molecule has 0 unspecified atom stereocenters. The Bertz CT molecular complexity index is 1410. The molecule has 3 N–H and O–H groups in total. The number of amides is 2. The van der Waals surface area contributed by atoms with Crippen LogP contribution in [0.25, 0.3) is 11.0 Å². The maximum absolute atomic E-state index is 13.5. The number of benzene rings is 3. The standard InChI is InChI=1S/C27H26N4O4/c1-35-23-15-18(27(34)31-14-5-4-8-17-7-2-3-11-22(17)31)12-13-19(23)26(33)29-21-10-6-9-20-25(21)30-24(16-32)28-20/h2-3,6-7,9-13,15,32H,4-5,8,14,16H2,1H3,(H,28,30)(H,29,33). The van der Waals surface area contributed by atoms with Crippen molar-refractivity contribution in [3.8, 4) is 5.75 Å². The second-order valence-electron chi connectivity index (χ2n) is 8.46. The zero-order chi connectivity index (χ0) is 24.4. The lowest BCUT2D eigenvalue weighted by atomic mass is 10.1. The maximum atomic E-state index is 13.5. The van der Waals surface area contributed by atoms with Crippen molar-refractivity contribution in [2.45, 2.75) is 25.9 Å². The minimum absolute atomic E-state index is 0.123. The van der Waals surface area contributed by atoms with E-state index in [9.17, 15) is 14.7 Å². The van der Waals surface area contributed by atoms with Crippen molar-refractivity contribution < 1.29 is 19.4 Å². The van der Waals surface area contributed by atoms with E-state index in [1.165, 1.54) is 12.7 Å². The summed E-state index contributed by atoms with van der Waals surface area (Å²) in [6, 6.07) is 18.2. The van der Waals surface area contributed by atoms with Crippen molar-refractivity contribution in [1.82, 2.24) is 9.97 Å². The van der Waals surface area contributed by atoms with Crippen LogP contribution >= 0.6 is 0 Å². The molecule has 2 heterocycles. The third-order valence-electron chi connectivity index (χ3n) is 6.26. The number of ether oxygens (including phenoxy) is 1. The van der Waals surface area contributed by atoms with Gasteiger partial charge in [-0.15, -0.1) is 0 Å². The molecule has 1 aliphatic heterocycles. The highest BCUT2D eigenvalue weighted by Gasteiger charge is 2.24. The van der Waals surface area contributed by atoms with Gasteiger partial charge in [-0.05, 0) is 61.2 Å². The van der Waals surface area contributed by atoms with E-state index in [1.807, 2.05) is 29.2 Å². The molecule has 3 aromatic carbocycles. The first-order valence-electron chi connectivity index (χ1n) is 11.6. The summed E-state index contributed by atoms with van der Waals surface area (Å²) in [7, 11) is 1.48. The van der Waals surface area contributed by atoms with Crippen LogP contribution in [0.15, 0.2) is 60.7 Å². The van der Waals surface area contributed by atoms with Crippen LogP contribution < -0.4 is 15.0 Å². The fourth-order valence-electron chi connectivity index (χ4n) is 4.52. The van der Waals surface area contributed by atoms with Gasteiger partial charge in [-0.2, -0.15) is 0 Å². The average Bonchev–Trinajstić information content (AvgIpc) is 3.21. The number of hydrogen-bond donors (Lipinski definition) is 3. The van der Waals surface area contributed by atoms with Gasteiger partial charge in [0, 0.05) is 17.8 Å². The number of carbonyl (C=O) groups excluding carboxylic acids is 2. The molecular weight excluding hydrogens is 444 g/mol. The number of anilines is 2. The summed E-state index contributed by atoms with van der Waals surface area (Å²) >= 11 is 0. The van der Waals surface area contributed by atoms with Crippen LogP contribution in [0.1, 0.15) is 44.9 Å². The number of nitrogens with one attached hydrogen (secondary N) is 2. The number of aliphatic hydroxyl groups is 1. The highest BCUT2D eigenvalue weighted by atomic mass is 16.5. The van der Waals surface area contributed by atoms with Gasteiger partial charge in [0.1, 0.15) is 23.7 Å². The zero-order valence-corrected chi connectivity index (χ0v) is 19.4. The molecule has 1 aromatic heterocycles. The monoisotopic (exact) mass is 470 g/mol. The molecule has 178 valence electrons. The predicted octanol–water partition coefficient (Wildman–Crippen LogP) is 4.30. The number of fused-ring (bicyclic) bond motifs is 2. The molecule has 0 fully saturated rings. The molecule has 0 bridgehead atoms. The molecule has 0 atom stereocenters. The van der Waals surface area contributed by atoms with E-state index < -0.39 is 0 Å². The van der Waals surface area contributed by atoms with Crippen molar-refractivity contribution >= 4 is 34.2 Å². The Morgan fingerprint density at radius 3 is 2.80 bits per heavy atom. The van der Waals surface area contributed by atoms with Crippen LogP contribution in [-0.2, 0) is 13.0 Å². The smallest absolute Gasteiger partial charge is 0.259 e. The first-order chi connectivity index (χ1) is 17.1. The van der Waals surface area contributed by atoms with E-state index in [0.29, 0.717) is 46.0 Å². The molecule has 0 saturated carbocycles. The van der Waals surface area contributed by atoms with Crippen molar-refractivity contribution in [2.75, 3.05) is 23.9 Å². The van der Waals surface area contributed by atoms with Gasteiger partial charge in [0.15, 0.2) is 0 Å². The third kappa shape index (κ3) is 4.36. The van der Waals surface area contributed by atoms with Gasteiger partial charge in [-0.3, -0.25) is 9.59 Å². The largest absolute Gasteiger partial charge is 0.496 e. The summed E-state index contributed by atoms with van der Waals surface area (Å²) in [6.07, 6.45) is 2.91. The zero-order valence-electron chi connectivity index (χ0n) is 19.4. The van der Waals surface area contributed by atoms with E-state index in [0.717, 1.165) is 24.9 Å². The van der Waals surface area contributed by atoms with Crippen LogP contribution in [0, 0.1) is 0 Å². The van der Waals surface area contributed by atoms with E-state index in [2.05, 4.69) is 21.4 Å². The lowest BCUT2D eigenvalue weighted by Gasteiger charge is -2.23. The molecule has 2 amide bonds. The quantitative estimate of drug-likeness (QED) is 0.403.